The van der Waals surface area contributed by atoms with Crippen molar-refractivity contribution in [2.45, 2.75) is 25.8 Å². The van der Waals surface area contributed by atoms with Crippen LogP contribution in [-0.2, 0) is 0 Å². The molecule has 1 fully saturated rings. The SMILES string of the molecule is COc1ccccc1C(CNC(=O)Nc1ccc(C)c(C(N)=O)c1)N1CCCC1. The van der Waals surface area contributed by atoms with Gasteiger partial charge in [-0.3, -0.25) is 9.69 Å². The second kappa shape index (κ2) is 9.43. The highest BCUT2D eigenvalue weighted by molar-refractivity contribution is 5.97. The lowest BCUT2D eigenvalue weighted by atomic mass is 10.0. The van der Waals surface area contributed by atoms with Gasteiger partial charge in [0.15, 0.2) is 0 Å². The van der Waals surface area contributed by atoms with Gasteiger partial charge in [0, 0.05) is 23.4 Å². The van der Waals surface area contributed by atoms with E-state index in [4.69, 9.17) is 10.5 Å². The second-order valence-corrected chi connectivity index (χ2v) is 7.23. The number of carbonyl (C=O) groups is 2. The first-order valence-electron chi connectivity index (χ1n) is 9.82. The number of rotatable bonds is 7. The molecule has 1 aliphatic heterocycles. The lowest BCUT2D eigenvalue weighted by Gasteiger charge is -2.29. The molecule has 0 spiro atoms. The van der Waals surface area contributed by atoms with Crippen LogP contribution in [0.2, 0.25) is 0 Å². The minimum absolute atomic E-state index is 0.0265. The Morgan fingerprint density at radius 2 is 1.90 bits per heavy atom. The van der Waals surface area contributed by atoms with Crippen molar-refractivity contribution in [1.29, 1.82) is 0 Å². The summed E-state index contributed by atoms with van der Waals surface area (Å²) in [6, 6.07) is 12.7. The Balaban J connectivity index is 1.70. The summed E-state index contributed by atoms with van der Waals surface area (Å²) in [5.74, 6) is 0.299. The van der Waals surface area contributed by atoms with Crippen LogP contribution in [0.5, 0.6) is 5.75 Å². The van der Waals surface area contributed by atoms with E-state index >= 15 is 0 Å². The molecule has 1 atom stereocenters. The predicted octanol–water partition coefficient (Wildman–Crippen LogP) is 3.06. The van der Waals surface area contributed by atoms with Gasteiger partial charge < -0.3 is 21.1 Å². The van der Waals surface area contributed by atoms with Crippen molar-refractivity contribution in [3.8, 4) is 5.75 Å². The van der Waals surface area contributed by atoms with Gasteiger partial charge in [-0.25, -0.2) is 4.79 Å². The molecule has 7 heteroatoms. The van der Waals surface area contributed by atoms with Gasteiger partial charge in [0.25, 0.3) is 0 Å². The number of para-hydroxylation sites is 1. The molecule has 3 rings (SSSR count). The number of aryl methyl sites for hydroxylation is 1. The fourth-order valence-corrected chi connectivity index (χ4v) is 3.76. The van der Waals surface area contributed by atoms with E-state index in [-0.39, 0.29) is 12.1 Å². The van der Waals surface area contributed by atoms with Gasteiger partial charge in [-0.1, -0.05) is 24.3 Å². The number of nitrogens with zero attached hydrogens (tertiary/aromatic N) is 1. The van der Waals surface area contributed by atoms with Crippen LogP contribution in [0.15, 0.2) is 42.5 Å². The van der Waals surface area contributed by atoms with Crippen molar-refractivity contribution in [3.05, 3.63) is 59.2 Å². The summed E-state index contributed by atoms with van der Waals surface area (Å²) in [5.41, 5.74) is 8.14. The van der Waals surface area contributed by atoms with Gasteiger partial charge in [-0.2, -0.15) is 0 Å². The van der Waals surface area contributed by atoms with Crippen LogP contribution >= 0.6 is 0 Å². The zero-order valence-corrected chi connectivity index (χ0v) is 16.9. The molecule has 3 amide bonds. The topological polar surface area (TPSA) is 96.7 Å². The van der Waals surface area contributed by atoms with Crippen LogP contribution in [0.1, 0.15) is 40.4 Å². The van der Waals surface area contributed by atoms with Gasteiger partial charge in [-0.15, -0.1) is 0 Å². The van der Waals surface area contributed by atoms with Crippen molar-refractivity contribution in [3.63, 3.8) is 0 Å². The molecular formula is C22H28N4O3. The Hall–Kier alpha value is -3.06. The Labute approximate surface area is 171 Å². The lowest BCUT2D eigenvalue weighted by Crippen LogP contribution is -2.38. The van der Waals surface area contributed by atoms with Gasteiger partial charge in [-0.05, 0) is 56.6 Å². The average molecular weight is 396 g/mol. The number of anilines is 1. The van der Waals surface area contributed by atoms with E-state index in [2.05, 4.69) is 15.5 Å². The molecule has 0 bridgehead atoms. The van der Waals surface area contributed by atoms with E-state index in [0.717, 1.165) is 42.8 Å². The highest BCUT2D eigenvalue weighted by atomic mass is 16.5. The molecule has 0 aliphatic carbocycles. The third kappa shape index (κ3) is 5.06. The molecule has 154 valence electrons. The lowest BCUT2D eigenvalue weighted by molar-refractivity contribution is 0.0999. The molecule has 1 heterocycles. The number of carbonyl (C=O) groups excluding carboxylic acids is 2. The number of ether oxygens (including phenoxy) is 1. The first kappa shape index (κ1) is 20.7. The van der Waals surface area contributed by atoms with Gasteiger partial charge in [0.05, 0.1) is 13.2 Å². The summed E-state index contributed by atoms with van der Waals surface area (Å²) in [5, 5.41) is 5.74. The molecule has 0 saturated carbocycles. The Kier molecular flexibility index (Phi) is 6.72. The number of urea groups is 1. The summed E-state index contributed by atoms with van der Waals surface area (Å²) < 4.78 is 5.54. The standard InChI is InChI=1S/C22H28N4O3/c1-15-9-10-16(13-18(15)21(23)27)25-22(28)24-14-19(26-11-5-6-12-26)17-7-3-4-8-20(17)29-2/h3-4,7-10,13,19H,5-6,11-12,14H2,1-2H3,(H2,23,27)(H2,24,25,28). The van der Waals surface area contributed by atoms with Crippen LogP contribution in [0.4, 0.5) is 10.5 Å². The van der Waals surface area contributed by atoms with Crippen molar-refractivity contribution >= 4 is 17.6 Å². The van der Waals surface area contributed by atoms with Crippen molar-refractivity contribution < 1.29 is 14.3 Å². The zero-order valence-electron chi connectivity index (χ0n) is 16.9. The van der Waals surface area contributed by atoms with Crippen molar-refractivity contribution in [2.75, 3.05) is 32.1 Å². The van der Waals surface area contributed by atoms with E-state index < -0.39 is 5.91 Å². The fraction of sp³-hybridized carbons (Fsp3) is 0.364. The maximum Gasteiger partial charge on any atom is 0.319 e. The van der Waals surface area contributed by atoms with E-state index in [0.29, 0.717) is 17.8 Å². The smallest absolute Gasteiger partial charge is 0.319 e. The number of primary amides is 1. The summed E-state index contributed by atoms with van der Waals surface area (Å²) in [6.07, 6.45) is 2.30. The minimum Gasteiger partial charge on any atom is -0.496 e. The monoisotopic (exact) mass is 396 g/mol. The molecule has 2 aromatic rings. The number of nitrogens with one attached hydrogen (secondary N) is 2. The zero-order chi connectivity index (χ0) is 20.8. The Morgan fingerprint density at radius 3 is 2.59 bits per heavy atom. The molecule has 1 unspecified atom stereocenters. The van der Waals surface area contributed by atoms with E-state index in [1.165, 1.54) is 0 Å². The number of nitrogens with two attached hydrogens (primary N) is 1. The number of amides is 3. The molecule has 7 nitrogen and oxygen atoms in total. The minimum atomic E-state index is -0.517. The molecule has 1 saturated heterocycles. The number of hydrogen-bond acceptors (Lipinski definition) is 4. The third-order valence-electron chi connectivity index (χ3n) is 5.30. The number of hydrogen-bond donors (Lipinski definition) is 3. The van der Waals surface area contributed by atoms with Gasteiger partial charge >= 0.3 is 6.03 Å². The molecule has 4 N–H and O–H groups in total. The second-order valence-electron chi connectivity index (χ2n) is 7.23. The first-order chi connectivity index (χ1) is 14.0. The molecule has 0 aromatic heterocycles. The maximum absolute atomic E-state index is 12.5. The molecule has 29 heavy (non-hydrogen) atoms. The Bertz CT molecular complexity index is 878. The van der Waals surface area contributed by atoms with Crippen molar-refractivity contribution in [2.24, 2.45) is 5.73 Å². The highest BCUT2D eigenvalue weighted by Gasteiger charge is 2.26. The normalized spacial score (nSPS) is 15.0. The summed E-state index contributed by atoms with van der Waals surface area (Å²) in [6.45, 7) is 4.23. The number of likely N-dealkylation sites (tertiary alicyclic amines) is 1. The van der Waals surface area contributed by atoms with E-state index in [1.54, 1.807) is 32.2 Å². The van der Waals surface area contributed by atoms with E-state index in [1.807, 2.05) is 24.3 Å². The summed E-state index contributed by atoms with van der Waals surface area (Å²) in [7, 11) is 1.66. The summed E-state index contributed by atoms with van der Waals surface area (Å²) >= 11 is 0. The first-order valence-corrected chi connectivity index (χ1v) is 9.82. The van der Waals surface area contributed by atoms with Crippen LogP contribution in [-0.4, -0.2) is 43.6 Å². The van der Waals surface area contributed by atoms with Crippen LogP contribution in [0.3, 0.4) is 0 Å². The maximum atomic E-state index is 12.5. The van der Waals surface area contributed by atoms with Crippen LogP contribution < -0.4 is 21.1 Å². The fourth-order valence-electron chi connectivity index (χ4n) is 3.76. The molecule has 1 aliphatic rings. The summed E-state index contributed by atoms with van der Waals surface area (Å²) in [4.78, 5) is 26.4. The quantitative estimate of drug-likeness (QED) is 0.670. The third-order valence-corrected chi connectivity index (χ3v) is 5.30. The Morgan fingerprint density at radius 1 is 1.17 bits per heavy atom. The number of methoxy groups -OCH3 is 1. The van der Waals surface area contributed by atoms with E-state index in [9.17, 15) is 9.59 Å². The highest BCUT2D eigenvalue weighted by Crippen LogP contribution is 2.31. The molecule has 0 radical (unpaired) electrons. The molecule has 2 aromatic carbocycles. The number of benzene rings is 2. The largest absolute Gasteiger partial charge is 0.496 e. The molecular weight excluding hydrogens is 368 g/mol. The van der Waals surface area contributed by atoms with Crippen LogP contribution in [0.25, 0.3) is 0 Å². The van der Waals surface area contributed by atoms with Gasteiger partial charge in [0.1, 0.15) is 5.75 Å². The van der Waals surface area contributed by atoms with Gasteiger partial charge in [0.2, 0.25) is 5.91 Å². The average Bonchev–Trinajstić information content (AvgIpc) is 3.24. The predicted molar refractivity (Wildman–Crippen MR) is 113 cm³/mol. The van der Waals surface area contributed by atoms with Crippen LogP contribution in [0, 0.1) is 6.92 Å². The van der Waals surface area contributed by atoms with Crippen molar-refractivity contribution in [1.82, 2.24) is 10.2 Å².